The van der Waals surface area contributed by atoms with Gasteiger partial charge in [0, 0.05) is 22.3 Å². The van der Waals surface area contributed by atoms with Crippen LogP contribution in [0.25, 0.3) is 0 Å². The molecule has 198 valence electrons. The molecule has 0 saturated carbocycles. The largest absolute Gasteiger partial charge is 0.495 e. The van der Waals surface area contributed by atoms with E-state index in [0.717, 1.165) is 20.3 Å². The second kappa shape index (κ2) is 12.8. The van der Waals surface area contributed by atoms with Gasteiger partial charge in [-0.3, -0.25) is 4.79 Å². The first-order valence-corrected chi connectivity index (χ1v) is 14.1. The SMILES string of the molecule is COCOc1cc2c(c(OC)c1CC=C(C)C)C(=[OH+])C(=Ic1cccc(OCc3ccccc3)c1)C(=O)O2. The third kappa shape index (κ3) is 6.49. The van der Waals surface area contributed by atoms with Crippen LogP contribution in [0.1, 0.15) is 30.5 Å². The summed E-state index contributed by atoms with van der Waals surface area (Å²) < 4.78 is 29.4. The average Bonchev–Trinajstić information content (AvgIpc) is 2.92. The highest BCUT2D eigenvalue weighted by Gasteiger charge is 2.41. The first kappa shape index (κ1) is 27.5. The number of ketones is 1. The standard InChI is InChI=1S/C30H29IO7/c1-19(2)13-14-23-24(37-18-34-3)16-25-26(29(23)35-4)28(32)27(30(33)38-25)31-21-11-8-12-22(15-21)36-17-20-9-6-5-7-10-20/h5-13,15-16H,14,17-18H2,1-4H3/p+1. The van der Waals surface area contributed by atoms with E-state index >= 15 is 0 Å². The molecule has 8 heteroatoms. The summed E-state index contributed by atoms with van der Waals surface area (Å²) in [5, 5.41) is 0. The fourth-order valence-electron chi connectivity index (χ4n) is 3.83. The van der Waals surface area contributed by atoms with Crippen molar-refractivity contribution in [2.75, 3.05) is 21.0 Å². The highest BCUT2D eigenvalue weighted by atomic mass is 127. The lowest BCUT2D eigenvalue weighted by atomic mass is 9.97. The Labute approximate surface area is 232 Å². The number of allylic oxidation sites excluding steroid dienone is 2. The molecule has 0 spiro atoms. The van der Waals surface area contributed by atoms with Crippen LogP contribution in [0, 0.1) is 3.57 Å². The number of esters is 1. The summed E-state index contributed by atoms with van der Waals surface area (Å²) in [5.41, 5.74) is 3.25. The van der Waals surface area contributed by atoms with Gasteiger partial charge in [0.05, 0.1) is 7.11 Å². The number of hydrogen-bond donors (Lipinski definition) is 0. The van der Waals surface area contributed by atoms with Crippen molar-refractivity contribution in [1.29, 1.82) is 0 Å². The molecule has 0 fully saturated rings. The molecule has 0 aliphatic carbocycles. The summed E-state index contributed by atoms with van der Waals surface area (Å²) in [6, 6.07) is 19.1. The van der Waals surface area contributed by atoms with Gasteiger partial charge in [0.25, 0.3) is 0 Å². The van der Waals surface area contributed by atoms with E-state index in [1.54, 1.807) is 6.07 Å². The van der Waals surface area contributed by atoms with Gasteiger partial charge >= 0.3 is 11.8 Å². The Morgan fingerprint density at radius 3 is 2.53 bits per heavy atom. The number of benzene rings is 3. The highest BCUT2D eigenvalue weighted by molar-refractivity contribution is 14.2. The average molecular weight is 629 g/mol. The van der Waals surface area contributed by atoms with Gasteiger partial charge in [-0.05, 0) is 44.0 Å². The van der Waals surface area contributed by atoms with Gasteiger partial charge in [-0.25, -0.2) is 4.79 Å². The minimum absolute atomic E-state index is 0.0128. The van der Waals surface area contributed by atoms with Crippen LogP contribution in [-0.4, -0.2) is 41.1 Å². The van der Waals surface area contributed by atoms with Crippen molar-refractivity contribution < 1.29 is 33.3 Å². The Morgan fingerprint density at radius 2 is 1.82 bits per heavy atom. The van der Waals surface area contributed by atoms with Crippen molar-refractivity contribution in [3.63, 3.8) is 0 Å². The molecule has 0 radical (unpaired) electrons. The first-order chi connectivity index (χ1) is 18.4. The Kier molecular flexibility index (Phi) is 9.30. The lowest BCUT2D eigenvalue weighted by Crippen LogP contribution is -2.34. The molecule has 3 aromatic carbocycles. The number of methoxy groups -OCH3 is 2. The summed E-state index contributed by atoms with van der Waals surface area (Å²) in [6.07, 6.45) is 2.54. The maximum Gasteiger partial charge on any atom is 0.375 e. The van der Waals surface area contributed by atoms with E-state index < -0.39 is 26.7 Å². The fourth-order valence-corrected chi connectivity index (χ4v) is 6.16. The molecule has 1 heterocycles. The van der Waals surface area contributed by atoms with Crippen molar-refractivity contribution in [3.05, 3.63) is 92.6 Å². The van der Waals surface area contributed by atoms with Gasteiger partial charge in [-0.2, -0.15) is 0 Å². The Hall–Kier alpha value is -3.50. The predicted octanol–water partition coefficient (Wildman–Crippen LogP) is 5.59. The van der Waals surface area contributed by atoms with Crippen LogP contribution in [0.5, 0.6) is 23.0 Å². The monoisotopic (exact) mass is 629 g/mol. The minimum Gasteiger partial charge on any atom is -0.495 e. The Balaban J connectivity index is 1.69. The number of rotatable bonds is 10. The Bertz CT molecular complexity index is 1390. The maximum atomic E-state index is 13.0. The van der Waals surface area contributed by atoms with Crippen LogP contribution in [0.2, 0.25) is 0 Å². The van der Waals surface area contributed by atoms with Crippen molar-refractivity contribution in [3.8, 4) is 23.0 Å². The van der Waals surface area contributed by atoms with Crippen LogP contribution in [0.4, 0.5) is 0 Å². The zero-order valence-electron chi connectivity index (χ0n) is 21.7. The zero-order chi connectivity index (χ0) is 27.1. The van der Waals surface area contributed by atoms with Crippen LogP contribution in [0.3, 0.4) is 0 Å². The number of carbonyl (C=O) groups is 1. The van der Waals surface area contributed by atoms with Crippen molar-refractivity contribution in [2.45, 2.75) is 26.9 Å². The lowest BCUT2D eigenvalue weighted by Gasteiger charge is -2.21. The second-order valence-corrected chi connectivity index (χ2v) is 11.5. The third-order valence-electron chi connectivity index (χ3n) is 5.63. The molecule has 0 unspecified atom stereocenters. The molecule has 3 aromatic rings. The van der Waals surface area contributed by atoms with E-state index in [-0.39, 0.29) is 21.8 Å². The molecule has 38 heavy (non-hydrogen) atoms. The molecule has 1 N–H and O–H groups in total. The van der Waals surface area contributed by atoms with Crippen LogP contribution >= 0.6 is 20.7 Å². The smallest absolute Gasteiger partial charge is 0.375 e. The molecule has 0 saturated heterocycles. The molecule has 4 rings (SSSR count). The molecule has 0 bridgehead atoms. The van der Waals surface area contributed by atoms with Gasteiger partial charge in [0.15, 0.2) is 21.6 Å². The number of carbonyl (C=O) groups excluding carboxylic acids is 2. The van der Waals surface area contributed by atoms with Crippen molar-refractivity contribution in [1.82, 2.24) is 0 Å². The van der Waals surface area contributed by atoms with E-state index in [9.17, 15) is 9.59 Å². The summed E-state index contributed by atoms with van der Waals surface area (Å²) >= 11 is -1.09. The lowest BCUT2D eigenvalue weighted by molar-refractivity contribution is -0.126. The zero-order valence-corrected chi connectivity index (χ0v) is 23.9. The van der Waals surface area contributed by atoms with Gasteiger partial charge in [-0.1, -0.05) is 68.8 Å². The third-order valence-corrected chi connectivity index (χ3v) is 8.42. The minimum atomic E-state index is -1.09. The molecule has 1 aliphatic heterocycles. The number of fused-ring (bicyclic) bond motifs is 1. The summed E-state index contributed by atoms with van der Waals surface area (Å²) in [4.78, 5) is 24.4. The van der Waals surface area contributed by atoms with E-state index in [1.807, 2.05) is 74.5 Å². The molecule has 0 aromatic heterocycles. The maximum absolute atomic E-state index is 13.0. The molecule has 0 atom stereocenters. The summed E-state index contributed by atoms with van der Waals surface area (Å²) in [6.45, 7) is 4.45. The fraction of sp³-hybridized carbons (Fsp3) is 0.233. The molecule has 1 aliphatic rings. The van der Waals surface area contributed by atoms with Crippen LogP contribution in [0.15, 0.2) is 72.3 Å². The summed E-state index contributed by atoms with van der Waals surface area (Å²) in [5.74, 6) is 1.02. The molecule has 7 nitrogen and oxygen atoms in total. The van der Waals surface area contributed by atoms with E-state index in [1.165, 1.54) is 14.2 Å². The second-order valence-electron chi connectivity index (χ2n) is 8.67. The van der Waals surface area contributed by atoms with Gasteiger partial charge in [0.1, 0.15) is 23.9 Å². The Morgan fingerprint density at radius 1 is 1.03 bits per heavy atom. The van der Waals surface area contributed by atoms with Crippen molar-refractivity contribution >= 4 is 36.0 Å². The van der Waals surface area contributed by atoms with Crippen LogP contribution in [-0.2, 0) is 22.6 Å². The van der Waals surface area contributed by atoms with E-state index in [4.69, 9.17) is 23.7 Å². The molecule has 0 amide bonds. The molecular weight excluding hydrogens is 599 g/mol. The molecular formula is C30H30IO7+. The van der Waals surface area contributed by atoms with Crippen LogP contribution < -0.4 is 18.9 Å². The normalized spacial score (nSPS) is 13.7. The number of hydrogen-bond acceptors (Lipinski definition) is 6. The number of halogens is 1. The van der Waals surface area contributed by atoms with E-state index in [2.05, 4.69) is 0 Å². The highest BCUT2D eigenvalue weighted by Crippen LogP contribution is 2.43. The van der Waals surface area contributed by atoms with Gasteiger partial charge in [-0.15, -0.1) is 0 Å². The van der Waals surface area contributed by atoms with E-state index in [0.29, 0.717) is 35.8 Å². The van der Waals surface area contributed by atoms with Gasteiger partial charge < -0.3 is 23.7 Å². The topological polar surface area (TPSA) is 84.6 Å². The van der Waals surface area contributed by atoms with Gasteiger partial charge in [0.2, 0.25) is 0 Å². The van der Waals surface area contributed by atoms with Crippen molar-refractivity contribution in [2.24, 2.45) is 0 Å². The first-order valence-electron chi connectivity index (χ1n) is 12.0. The summed E-state index contributed by atoms with van der Waals surface area (Å²) in [7, 11) is 3.05. The number of ether oxygens (including phenoxy) is 5. The predicted molar refractivity (Wildman–Crippen MR) is 155 cm³/mol. The quantitative estimate of drug-likeness (QED) is 0.0727.